The fourth-order valence-corrected chi connectivity index (χ4v) is 3.08. The molecule has 1 aliphatic heterocycles. The van der Waals surface area contributed by atoms with Crippen LogP contribution in [0.2, 0.25) is 0 Å². The summed E-state index contributed by atoms with van der Waals surface area (Å²) in [4.78, 5) is 2.74. The summed E-state index contributed by atoms with van der Waals surface area (Å²) in [6.07, 6.45) is 11.2. The van der Waals surface area contributed by atoms with Gasteiger partial charge in [0.2, 0.25) is 0 Å². The van der Waals surface area contributed by atoms with Gasteiger partial charge in [-0.3, -0.25) is 0 Å². The fourth-order valence-electron chi connectivity index (χ4n) is 2.55. The number of unbranched alkanes of at least 4 members (excludes halogenated alkanes) is 3. The van der Waals surface area contributed by atoms with Gasteiger partial charge in [-0.1, -0.05) is 48.5 Å². The monoisotopic (exact) mass is 275 g/mol. The first kappa shape index (κ1) is 13.5. The van der Waals surface area contributed by atoms with Gasteiger partial charge >= 0.3 is 0 Å². The Hall–Kier alpha value is 0.440. The van der Waals surface area contributed by atoms with Gasteiger partial charge in [0.05, 0.1) is 0 Å². The van der Waals surface area contributed by atoms with Gasteiger partial charge in [-0.05, 0) is 38.8 Å². The largest absolute Gasteiger partial charge is 0.300 e. The molecular weight excluding hydrogens is 250 g/mol. The first-order valence-electron chi connectivity index (χ1n) is 6.68. The van der Waals surface area contributed by atoms with E-state index in [9.17, 15) is 0 Å². The maximum Gasteiger partial charge on any atom is 0.0103 e. The minimum absolute atomic E-state index is 0.875. The molecule has 0 aromatic carbocycles. The highest BCUT2D eigenvalue weighted by Gasteiger charge is 2.20. The summed E-state index contributed by atoms with van der Waals surface area (Å²) in [5.41, 5.74) is 0. The smallest absolute Gasteiger partial charge is 0.0103 e. The van der Waals surface area contributed by atoms with Crippen LogP contribution in [0.4, 0.5) is 0 Å². The lowest BCUT2D eigenvalue weighted by atomic mass is 9.99. The van der Waals surface area contributed by atoms with Crippen molar-refractivity contribution < 1.29 is 0 Å². The summed E-state index contributed by atoms with van der Waals surface area (Å²) >= 11 is 3.58. The number of hydrogen-bond acceptors (Lipinski definition) is 1. The Bertz CT molecular complexity index is 147. The summed E-state index contributed by atoms with van der Waals surface area (Å²) in [6, 6.07) is 0.875. The molecule has 0 amide bonds. The normalized spacial score (nSPS) is 23.2. The van der Waals surface area contributed by atoms with E-state index < -0.39 is 0 Å². The number of likely N-dealkylation sites (tertiary alicyclic amines) is 1. The lowest BCUT2D eigenvalue weighted by Crippen LogP contribution is -2.40. The first-order chi connectivity index (χ1) is 7.38. The predicted molar refractivity (Wildman–Crippen MR) is 71.8 cm³/mol. The van der Waals surface area contributed by atoms with Gasteiger partial charge in [-0.25, -0.2) is 0 Å². The van der Waals surface area contributed by atoms with Gasteiger partial charge in [0.1, 0.15) is 0 Å². The van der Waals surface area contributed by atoms with Crippen molar-refractivity contribution in [3.05, 3.63) is 0 Å². The quantitative estimate of drug-likeness (QED) is 0.497. The van der Waals surface area contributed by atoms with Crippen molar-refractivity contribution in [2.45, 2.75) is 64.3 Å². The number of nitrogens with zero attached hydrogens (tertiary/aromatic N) is 1. The maximum absolute atomic E-state index is 3.58. The van der Waals surface area contributed by atoms with E-state index in [0.29, 0.717) is 0 Å². The summed E-state index contributed by atoms with van der Waals surface area (Å²) in [5.74, 6) is 0. The zero-order valence-corrected chi connectivity index (χ0v) is 11.8. The van der Waals surface area contributed by atoms with Crippen LogP contribution in [0.5, 0.6) is 0 Å². The molecule has 0 N–H and O–H groups in total. The third kappa shape index (κ3) is 5.35. The fraction of sp³-hybridized carbons (Fsp3) is 1.00. The Morgan fingerprint density at radius 2 is 2.07 bits per heavy atom. The van der Waals surface area contributed by atoms with Crippen LogP contribution >= 0.6 is 15.9 Å². The maximum atomic E-state index is 3.58. The molecule has 0 aromatic heterocycles. The van der Waals surface area contributed by atoms with Gasteiger partial charge in [0.15, 0.2) is 0 Å². The van der Waals surface area contributed by atoms with E-state index in [-0.39, 0.29) is 0 Å². The highest BCUT2D eigenvalue weighted by atomic mass is 79.9. The highest BCUT2D eigenvalue weighted by molar-refractivity contribution is 9.09. The van der Waals surface area contributed by atoms with Gasteiger partial charge in [0.25, 0.3) is 0 Å². The predicted octanol–water partition coefficient (Wildman–Crippen LogP) is 4.21. The number of alkyl halides is 1. The lowest BCUT2D eigenvalue weighted by molar-refractivity contribution is 0.142. The van der Waals surface area contributed by atoms with Crippen LogP contribution in [0.15, 0.2) is 0 Å². The zero-order chi connectivity index (χ0) is 10.9. The standard InChI is InChI=1S/C13H26BrN/c1-2-3-4-6-11-15-12-7-5-8-13(15)9-10-14/h13H,2-12H2,1H3. The molecule has 1 aliphatic rings. The first-order valence-corrected chi connectivity index (χ1v) is 7.80. The molecule has 0 bridgehead atoms. The molecule has 0 saturated carbocycles. The van der Waals surface area contributed by atoms with Crippen molar-refractivity contribution in [2.75, 3.05) is 18.4 Å². The third-order valence-corrected chi connectivity index (χ3v) is 3.95. The van der Waals surface area contributed by atoms with Crippen LogP contribution in [0.3, 0.4) is 0 Å². The number of piperidine rings is 1. The molecule has 1 unspecified atom stereocenters. The van der Waals surface area contributed by atoms with E-state index in [4.69, 9.17) is 0 Å². The topological polar surface area (TPSA) is 3.24 Å². The molecule has 1 rings (SSSR count). The molecule has 1 atom stereocenters. The van der Waals surface area contributed by atoms with E-state index in [1.807, 2.05) is 0 Å². The number of rotatable bonds is 7. The molecule has 1 fully saturated rings. The molecule has 15 heavy (non-hydrogen) atoms. The van der Waals surface area contributed by atoms with Crippen molar-refractivity contribution in [1.29, 1.82) is 0 Å². The van der Waals surface area contributed by atoms with Gasteiger partial charge in [-0.2, -0.15) is 0 Å². The van der Waals surface area contributed by atoms with Crippen molar-refractivity contribution in [3.8, 4) is 0 Å². The van der Waals surface area contributed by atoms with Crippen LogP contribution in [0, 0.1) is 0 Å². The summed E-state index contributed by atoms with van der Waals surface area (Å²) in [5, 5.41) is 1.17. The van der Waals surface area contributed by atoms with Crippen molar-refractivity contribution in [1.82, 2.24) is 4.90 Å². The number of halogens is 1. The van der Waals surface area contributed by atoms with Gasteiger partial charge < -0.3 is 4.90 Å². The molecule has 1 saturated heterocycles. The Labute approximate surface area is 104 Å². The second-order valence-electron chi connectivity index (χ2n) is 4.72. The average Bonchev–Trinajstić information content (AvgIpc) is 2.27. The number of hydrogen-bond donors (Lipinski definition) is 0. The molecule has 1 heterocycles. The summed E-state index contributed by atoms with van der Waals surface area (Å²) in [6.45, 7) is 4.98. The Balaban J connectivity index is 2.17. The molecular formula is C13H26BrN. The molecule has 2 heteroatoms. The molecule has 0 aliphatic carbocycles. The average molecular weight is 276 g/mol. The second kappa shape index (κ2) is 8.58. The van der Waals surface area contributed by atoms with Gasteiger partial charge in [0, 0.05) is 11.4 Å². The van der Waals surface area contributed by atoms with Crippen LogP contribution in [0.1, 0.15) is 58.3 Å². The second-order valence-corrected chi connectivity index (χ2v) is 5.52. The summed E-state index contributed by atoms with van der Waals surface area (Å²) < 4.78 is 0. The molecule has 90 valence electrons. The molecule has 0 aromatic rings. The van der Waals surface area contributed by atoms with Crippen LogP contribution in [-0.2, 0) is 0 Å². The summed E-state index contributed by atoms with van der Waals surface area (Å²) in [7, 11) is 0. The Morgan fingerprint density at radius 3 is 2.80 bits per heavy atom. The van der Waals surface area contributed by atoms with E-state index >= 15 is 0 Å². The van der Waals surface area contributed by atoms with Gasteiger partial charge in [-0.15, -0.1) is 0 Å². The SMILES string of the molecule is CCCCCCN1CCCCC1CCBr. The molecule has 0 radical (unpaired) electrons. The Kier molecular flexibility index (Phi) is 7.72. The molecule has 1 nitrogen and oxygen atoms in total. The van der Waals surface area contributed by atoms with Crippen LogP contribution in [-0.4, -0.2) is 29.4 Å². The van der Waals surface area contributed by atoms with Crippen LogP contribution in [0.25, 0.3) is 0 Å². The lowest BCUT2D eigenvalue weighted by Gasteiger charge is -2.35. The highest BCUT2D eigenvalue weighted by Crippen LogP contribution is 2.20. The van der Waals surface area contributed by atoms with E-state index in [0.717, 1.165) is 6.04 Å². The third-order valence-electron chi connectivity index (χ3n) is 3.49. The molecule has 0 spiro atoms. The van der Waals surface area contributed by atoms with Crippen molar-refractivity contribution in [3.63, 3.8) is 0 Å². The van der Waals surface area contributed by atoms with E-state index in [2.05, 4.69) is 27.8 Å². The van der Waals surface area contributed by atoms with Crippen molar-refractivity contribution in [2.24, 2.45) is 0 Å². The van der Waals surface area contributed by atoms with Crippen molar-refractivity contribution >= 4 is 15.9 Å². The van der Waals surface area contributed by atoms with Crippen LogP contribution < -0.4 is 0 Å². The Morgan fingerprint density at radius 1 is 1.20 bits per heavy atom. The zero-order valence-electron chi connectivity index (χ0n) is 10.2. The van der Waals surface area contributed by atoms with E-state index in [1.165, 1.54) is 69.8 Å². The minimum Gasteiger partial charge on any atom is -0.300 e. The minimum atomic E-state index is 0.875. The van der Waals surface area contributed by atoms with E-state index in [1.54, 1.807) is 0 Å².